The number of thiazole rings is 1. The van der Waals surface area contributed by atoms with Gasteiger partial charge in [0, 0.05) is 5.02 Å². The molecule has 0 amide bonds. The molecule has 0 N–H and O–H groups in total. The van der Waals surface area contributed by atoms with Crippen molar-refractivity contribution in [3.05, 3.63) is 52.3 Å². The number of halogens is 1. The molecule has 128 valence electrons. The number of terminal acetylenes is 1. The van der Waals surface area contributed by atoms with Crippen LogP contribution in [0.1, 0.15) is 0 Å². The maximum absolute atomic E-state index is 12.6. The summed E-state index contributed by atoms with van der Waals surface area (Å²) in [7, 11) is -2.37. The Morgan fingerprint density at radius 3 is 2.64 bits per heavy atom. The number of nitrogens with zero attached hydrogens (tertiary/aromatic N) is 2. The van der Waals surface area contributed by atoms with E-state index in [0.717, 1.165) is 10.2 Å². The molecule has 1 aromatic heterocycles. The van der Waals surface area contributed by atoms with E-state index >= 15 is 0 Å². The standard InChI is InChI=1S/C17H13ClN2O3S2/c1-3-10-20-15-9-4-12(18)11-16(15)24-17(20)19-25(21,22)14-7-5-13(23-2)6-8-14/h1,4-9,11H,10H2,2H3. The number of sulfonamides is 1. The second-order valence-corrected chi connectivity index (χ2v) is 8.08. The Balaban J connectivity index is 2.19. The third-order valence-electron chi connectivity index (χ3n) is 3.45. The van der Waals surface area contributed by atoms with Crippen molar-refractivity contribution in [2.45, 2.75) is 11.4 Å². The Kier molecular flexibility index (Phi) is 4.86. The SMILES string of the molecule is C#CCn1c(=NS(=O)(=O)c2ccc(OC)cc2)sc2cc(Cl)ccc21. The zero-order chi connectivity index (χ0) is 18.0. The maximum Gasteiger partial charge on any atom is 0.285 e. The number of hydrogen-bond donors (Lipinski definition) is 0. The van der Waals surface area contributed by atoms with Crippen LogP contribution in [0.2, 0.25) is 5.02 Å². The lowest BCUT2D eigenvalue weighted by molar-refractivity contribution is 0.414. The van der Waals surface area contributed by atoms with Crippen LogP contribution in [0.15, 0.2) is 51.8 Å². The Morgan fingerprint density at radius 1 is 1.28 bits per heavy atom. The molecule has 0 bridgehead atoms. The predicted molar refractivity (Wildman–Crippen MR) is 99.4 cm³/mol. The van der Waals surface area contributed by atoms with E-state index in [-0.39, 0.29) is 11.4 Å². The highest BCUT2D eigenvalue weighted by Gasteiger charge is 2.15. The van der Waals surface area contributed by atoms with Crippen molar-refractivity contribution in [3.8, 4) is 18.1 Å². The predicted octanol–water partition coefficient (Wildman–Crippen LogP) is 3.29. The van der Waals surface area contributed by atoms with Gasteiger partial charge in [-0.3, -0.25) is 0 Å². The molecule has 25 heavy (non-hydrogen) atoms. The summed E-state index contributed by atoms with van der Waals surface area (Å²) in [6.45, 7) is 0.207. The molecule has 0 saturated heterocycles. The number of fused-ring (bicyclic) bond motifs is 1. The number of aromatic nitrogens is 1. The largest absolute Gasteiger partial charge is 0.497 e. The van der Waals surface area contributed by atoms with Crippen molar-refractivity contribution in [2.24, 2.45) is 4.40 Å². The van der Waals surface area contributed by atoms with Crippen molar-refractivity contribution in [1.82, 2.24) is 4.57 Å². The van der Waals surface area contributed by atoms with Crippen LogP contribution in [0.25, 0.3) is 10.2 Å². The lowest BCUT2D eigenvalue weighted by Gasteiger charge is -2.02. The first kappa shape index (κ1) is 17.5. The monoisotopic (exact) mass is 392 g/mol. The smallest absolute Gasteiger partial charge is 0.285 e. The molecular formula is C17H13ClN2O3S2. The van der Waals surface area contributed by atoms with Crippen LogP contribution in [0.5, 0.6) is 5.75 Å². The number of methoxy groups -OCH3 is 1. The number of rotatable bonds is 4. The van der Waals surface area contributed by atoms with E-state index in [1.807, 2.05) is 0 Å². The van der Waals surface area contributed by atoms with E-state index in [1.54, 1.807) is 34.9 Å². The van der Waals surface area contributed by atoms with Crippen molar-refractivity contribution < 1.29 is 13.2 Å². The third-order valence-corrected chi connectivity index (χ3v) is 6.12. The molecule has 0 spiro atoms. The summed E-state index contributed by atoms with van der Waals surface area (Å²) in [6, 6.07) is 11.3. The second kappa shape index (κ2) is 6.92. The van der Waals surface area contributed by atoms with E-state index in [9.17, 15) is 8.42 Å². The molecule has 0 fully saturated rings. The van der Waals surface area contributed by atoms with E-state index in [1.165, 1.54) is 30.6 Å². The van der Waals surface area contributed by atoms with E-state index < -0.39 is 10.0 Å². The van der Waals surface area contributed by atoms with Gasteiger partial charge in [-0.2, -0.15) is 8.42 Å². The van der Waals surface area contributed by atoms with Gasteiger partial charge in [-0.05, 0) is 42.5 Å². The summed E-state index contributed by atoms with van der Waals surface area (Å²) in [4.78, 5) is 0.377. The molecule has 8 heteroatoms. The molecule has 0 aliphatic carbocycles. The van der Waals surface area contributed by atoms with Gasteiger partial charge in [0.2, 0.25) is 4.80 Å². The minimum Gasteiger partial charge on any atom is -0.497 e. The van der Waals surface area contributed by atoms with Crippen molar-refractivity contribution in [3.63, 3.8) is 0 Å². The van der Waals surface area contributed by atoms with Gasteiger partial charge >= 0.3 is 0 Å². The Labute approximate surface area is 154 Å². The first-order valence-corrected chi connectivity index (χ1v) is 9.75. The van der Waals surface area contributed by atoms with Gasteiger partial charge in [-0.15, -0.1) is 10.8 Å². The Bertz CT molecular complexity index is 1140. The minimum absolute atomic E-state index is 0.0797. The molecule has 0 atom stereocenters. The van der Waals surface area contributed by atoms with Crippen LogP contribution in [0.4, 0.5) is 0 Å². The number of hydrogen-bond acceptors (Lipinski definition) is 4. The lowest BCUT2D eigenvalue weighted by atomic mass is 10.3. The molecule has 0 radical (unpaired) electrons. The van der Waals surface area contributed by atoms with Gasteiger partial charge in [0.25, 0.3) is 10.0 Å². The van der Waals surface area contributed by atoms with Crippen LogP contribution in [0, 0.1) is 12.3 Å². The van der Waals surface area contributed by atoms with Gasteiger partial charge in [-0.25, -0.2) is 0 Å². The van der Waals surface area contributed by atoms with E-state index in [0.29, 0.717) is 15.6 Å². The summed E-state index contributed by atoms with van der Waals surface area (Å²) in [5, 5.41) is 0.561. The van der Waals surface area contributed by atoms with Crippen LogP contribution in [-0.4, -0.2) is 20.1 Å². The Hall–Kier alpha value is -2.27. The summed E-state index contributed by atoms with van der Waals surface area (Å²) in [5.41, 5.74) is 0.788. The number of benzene rings is 2. The zero-order valence-corrected chi connectivity index (χ0v) is 15.5. The van der Waals surface area contributed by atoms with Gasteiger partial charge in [-0.1, -0.05) is 28.9 Å². The second-order valence-electron chi connectivity index (χ2n) is 5.03. The highest BCUT2D eigenvalue weighted by molar-refractivity contribution is 7.90. The summed E-state index contributed by atoms with van der Waals surface area (Å²) >= 11 is 7.23. The normalized spacial score (nSPS) is 12.3. The fourth-order valence-corrected chi connectivity index (χ4v) is 4.77. The fourth-order valence-electron chi connectivity index (χ4n) is 2.26. The average molecular weight is 393 g/mol. The van der Waals surface area contributed by atoms with E-state index in [4.69, 9.17) is 22.8 Å². The molecule has 5 nitrogen and oxygen atoms in total. The van der Waals surface area contributed by atoms with Gasteiger partial charge < -0.3 is 9.30 Å². The van der Waals surface area contributed by atoms with Crippen molar-refractivity contribution in [2.75, 3.05) is 7.11 Å². The lowest BCUT2D eigenvalue weighted by Crippen LogP contribution is -2.16. The molecule has 0 aliphatic rings. The molecule has 0 unspecified atom stereocenters. The summed E-state index contributed by atoms with van der Waals surface area (Å²) < 4.78 is 36.7. The molecular weight excluding hydrogens is 380 g/mol. The molecule has 0 saturated carbocycles. The molecule has 0 aliphatic heterocycles. The topological polar surface area (TPSA) is 60.7 Å². The average Bonchev–Trinajstić information content (AvgIpc) is 2.91. The van der Waals surface area contributed by atoms with Gasteiger partial charge in [0.1, 0.15) is 5.75 Å². The molecule has 1 heterocycles. The summed E-state index contributed by atoms with van der Waals surface area (Å²) in [5.74, 6) is 3.09. The van der Waals surface area contributed by atoms with Crippen molar-refractivity contribution in [1.29, 1.82) is 0 Å². The zero-order valence-electron chi connectivity index (χ0n) is 13.1. The Morgan fingerprint density at radius 2 is 2.00 bits per heavy atom. The number of ether oxygens (including phenoxy) is 1. The van der Waals surface area contributed by atoms with Crippen LogP contribution in [-0.2, 0) is 16.6 Å². The fraction of sp³-hybridized carbons (Fsp3) is 0.118. The molecule has 3 aromatic rings. The first-order chi connectivity index (χ1) is 11.9. The minimum atomic E-state index is -3.88. The highest BCUT2D eigenvalue weighted by Crippen LogP contribution is 2.23. The van der Waals surface area contributed by atoms with Crippen LogP contribution >= 0.6 is 22.9 Å². The first-order valence-electron chi connectivity index (χ1n) is 7.12. The highest BCUT2D eigenvalue weighted by atomic mass is 35.5. The van der Waals surface area contributed by atoms with Crippen LogP contribution in [0.3, 0.4) is 0 Å². The summed E-state index contributed by atoms with van der Waals surface area (Å²) in [6.07, 6.45) is 5.42. The third kappa shape index (κ3) is 3.56. The quantitative estimate of drug-likeness (QED) is 0.640. The van der Waals surface area contributed by atoms with Gasteiger partial charge in [0.05, 0.1) is 28.8 Å². The maximum atomic E-state index is 12.6. The van der Waals surface area contributed by atoms with Gasteiger partial charge in [0.15, 0.2) is 0 Å². The van der Waals surface area contributed by atoms with Crippen molar-refractivity contribution >= 4 is 43.2 Å². The molecule has 3 rings (SSSR count). The molecule has 2 aromatic carbocycles. The van der Waals surface area contributed by atoms with Crippen LogP contribution < -0.4 is 9.54 Å². The van der Waals surface area contributed by atoms with E-state index in [2.05, 4.69) is 10.3 Å².